The summed E-state index contributed by atoms with van der Waals surface area (Å²) in [6.45, 7) is 0. The third-order valence-electron chi connectivity index (χ3n) is 2.77. The van der Waals surface area contributed by atoms with E-state index in [0.717, 1.165) is 4.47 Å². The van der Waals surface area contributed by atoms with E-state index in [-0.39, 0.29) is 0 Å². The molecule has 1 unspecified atom stereocenters. The summed E-state index contributed by atoms with van der Waals surface area (Å²) in [6.07, 6.45) is -0.894. The molecule has 1 atom stereocenters. The number of hydrogen-bond donors (Lipinski definition) is 1. The van der Waals surface area contributed by atoms with Crippen LogP contribution in [0.25, 0.3) is 0 Å². The van der Waals surface area contributed by atoms with E-state index in [9.17, 15) is 5.11 Å². The van der Waals surface area contributed by atoms with E-state index >= 15 is 0 Å². The van der Waals surface area contributed by atoms with Crippen LogP contribution >= 0.6 is 39.1 Å². The van der Waals surface area contributed by atoms with Crippen molar-refractivity contribution in [2.45, 2.75) is 6.10 Å². The minimum absolute atomic E-state index is 0.349. The van der Waals surface area contributed by atoms with Crippen LogP contribution in [0, 0.1) is 0 Å². The lowest BCUT2D eigenvalue weighted by Gasteiger charge is -2.17. The monoisotopic (exact) mass is 360 g/mol. The molecule has 0 saturated carbocycles. The Hall–Kier alpha value is -0.740. The summed E-state index contributed by atoms with van der Waals surface area (Å²) in [5.74, 6) is 0.581. The summed E-state index contributed by atoms with van der Waals surface area (Å²) >= 11 is 15.4. The fourth-order valence-electron chi connectivity index (χ4n) is 1.81. The molecule has 0 bridgehead atoms. The van der Waals surface area contributed by atoms with Gasteiger partial charge < -0.3 is 9.84 Å². The number of aliphatic hydroxyl groups is 1. The van der Waals surface area contributed by atoms with E-state index in [1.165, 1.54) is 0 Å². The summed E-state index contributed by atoms with van der Waals surface area (Å²) in [6, 6.07) is 10.6. The van der Waals surface area contributed by atoms with Gasteiger partial charge in [0.25, 0.3) is 0 Å². The van der Waals surface area contributed by atoms with Gasteiger partial charge in [0.2, 0.25) is 0 Å². The van der Waals surface area contributed by atoms with E-state index in [1.54, 1.807) is 37.4 Å². The van der Waals surface area contributed by atoms with Crippen molar-refractivity contribution in [2.24, 2.45) is 0 Å². The topological polar surface area (TPSA) is 29.5 Å². The quantitative estimate of drug-likeness (QED) is 0.846. The third-order valence-corrected chi connectivity index (χ3v) is 4.09. The average Bonchev–Trinajstić information content (AvgIpc) is 2.41. The molecule has 2 aromatic carbocycles. The lowest BCUT2D eigenvalue weighted by molar-refractivity contribution is 0.215. The first-order chi connectivity index (χ1) is 9.04. The second-order valence-corrected chi connectivity index (χ2v) is 5.63. The zero-order chi connectivity index (χ0) is 14.0. The molecule has 0 spiro atoms. The molecule has 0 fully saturated rings. The number of ether oxygens (including phenoxy) is 1. The zero-order valence-electron chi connectivity index (χ0n) is 10.0. The van der Waals surface area contributed by atoms with Crippen LogP contribution in [0.15, 0.2) is 40.9 Å². The maximum atomic E-state index is 10.5. The van der Waals surface area contributed by atoms with Gasteiger partial charge in [-0.25, -0.2) is 0 Å². The Kier molecular flexibility index (Phi) is 4.74. The van der Waals surface area contributed by atoms with Crippen molar-refractivity contribution in [3.63, 3.8) is 0 Å². The molecule has 0 aliphatic rings. The second-order valence-electron chi connectivity index (χ2n) is 3.93. The predicted octanol–water partition coefficient (Wildman–Crippen LogP) is 4.85. The van der Waals surface area contributed by atoms with E-state index in [1.807, 2.05) is 6.07 Å². The summed E-state index contributed by atoms with van der Waals surface area (Å²) in [7, 11) is 1.55. The van der Waals surface area contributed by atoms with Crippen molar-refractivity contribution >= 4 is 39.1 Å². The van der Waals surface area contributed by atoms with Gasteiger partial charge in [-0.05, 0) is 18.2 Å². The number of hydrogen-bond acceptors (Lipinski definition) is 2. The molecule has 2 rings (SSSR count). The van der Waals surface area contributed by atoms with Crippen molar-refractivity contribution in [1.29, 1.82) is 0 Å². The maximum Gasteiger partial charge on any atom is 0.126 e. The van der Waals surface area contributed by atoms with Crippen LogP contribution in [0.3, 0.4) is 0 Å². The number of halogens is 3. The lowest BCUT2D eigenvalue weighted by atomic mass is 10.0. The molecule has 5 heteroatoms. The molecule has 19 heavy (non-hydrogen) atoms. The van der Waals surface area contributed by atoms with Crippen LogP contribution in [-0.2, 0) is 0 Å². The van der Waals surface area contributed by atoms with Gasteiger partial charge in [0.15, 0.2) is 0 Å². The molecular formula is C14H11BrCl2O2. The molecule has 0 aliphatic heterocycles. The van der Waals surface area contributed by atoms with Gasteiger partial charge in [-0.2, -0.15) is 0 Å². The van der Waals surface area contributed by atoms with Crippen molar-refractivity contribution in [3.8, 4) is 5.75 Å². The van der Waals surface area contributed by atoms with Gasteiger partial charge in [-0.3, -0.25) is 0 Å². The highest BCUT2D eigenvalue weighted by atomic mass is 79.9. The molecule has 0 saturated heterocycles. The fraction of sp³-hybridized carbons (Fsp3) is 0.143. The SMILES string of the molecule is COc1cc(Br)ccc1C(O)c1cccc(Cl)c1Cl. The Morgan fingerprint density at radius 2 is 1.89 bits per heavy atom. The Morgan fingerprint density at radius 1 is 1.16 bits per heavy atom. The normalized spacial score (nSPS) is 12.3. The van der Waals surface area contributed by atoms with E-state index in [4.69, 9.17) is 27.9 Å². The number of aliphatic hydroxyl groups excluding tert-OH is 1. The minimum atomic E-state index is -0.894. The molecule has 1 N–H and O–H groups in total. The number of rotatable bonds is 3. The fourth-order valence-corrected chi connectivity index (χ4v) is 2.56. The summed E-state index contributed by atoms with van der Waals surface area (Å²) in [5, 5.41) is 11.2. The standard InChI is InChI=1S/C14H11BrCl2O2/c1-19-12-7-8(15)5-6-9(12)14(18)10-3-2-4-11(16)13(10)17/h2-7,14,18H,1H3. The summed E-state index contributed by atoms with van der Waals surface area (Å²) < 4.78 is 6.15. The van der Waals surface area contributed by atoms with Gasteiger partial charge in [0.1, 0.15) is 11.9 Å². The molecule has 0 heterocycles. The smallest absolute Gasteiger partial charge is 0.126 e. The van der Waals surface area contributed by atoms with Crippen LogP contribution < -0.4 is 4.74 Å². The Labute approximate surface area is 130 Å². The molecule has 0 aromatic heterocycles. The van der Waals surface area contributed by atoms with Crippen molar-refractivity contribution in [1.82, 2.24) is 0 Å². The van der Waals surface area contributed by atoms with Crippen LogP contribution in [0.5, 0.6) is 5.75 Å². The van der Waals surface area contributed by atoms with Crippen molar-refractivity contribution in [3.05, 3.63) is 62.0 Å². The molecular weight excluding hydrogens is 351 g/mol. The average molecular weight is 362 g/mol. The van der Waals surface area contributed by atoms with E-state index in [2.05, 4.69) is 15.9 Å². The molecule has 0 radical (unpaired) electrons. The first kappa shape index (κ1) is 14.7. The Bertz CT molecular complexity index is 602. The number of benzene rings is 2. The second kappa shape index (κ2) is 6.14. The van der Waals surface area contributed by atoms with Crippen LogP contribution in [0.2, 0.25) is 10.0 Å². The van der Waals surface area contributed by atoms with Crippen LogP contribution in [-0.4, -0.2) is 12.2 Å². The maximum absolute atomic E-state index is 10.5. The minimum Gasteiger partial charge on any atom is -0.496 e. The molecule has 0 aliphatic carbocycles. The van der Waals surface area contributed by atoms with Gasteiger partial charge >= 0.3 is 0 Å². The highest BCUT2D eigenvalue weighted by Gasteiger charge is 2.19. The third kappa shape index (κ3) is 3.06. The van der Waals surface area contributed by atoms with Gasteiger partial charge in [-0.1, -0.05) is 57.3 Å². The van der Waals surface area contributed by atoms with E-state index in [0.29, 0.717) is 26.9 Å². The van der Waals surface area contributed by atoms with Crippen molar-refractivity contribution in [2.75, 3.05) is 7.11 Å². The highest BCUT2D eigenvalue weighted by molar-refractivity contribution is 9.10. The first-order valence-electron chi connectivity index (χ1n) is 5.50. The zero-order valence-corrected chi connectivity index (χ0v) is 13.1. The van der Waals surface area contributed by atoms with Crippen LogP contribution in [0.4, 0.5) is 0 Å². The lowest BCUT2D eigenvalue weighted by Crippen LogP contribution is -2.03. The molecule has 100 valence electrons. The Morgan fingerprint density at radius 3 is 2.58 bits per heavy atom. The molecule has 2 nitrogen and oxygen atoms in total. The highest BCUT2D eigenvalue weighted by Crippen LogP contribution is 2.37. The van der Waals surface area contributed by atoms with Crippen molar-refractivity contribution < 1.29 is 9.84 Å². The first-order valence-corrected chi connectivity index (χ1v) is 7.05. The Balaban J connectivity index is 2.49. The van der Waals surface area contributed by atoms with Gasteiger partial charge in [0, 0.05) is 15.6 Å². The summed E-state index contributed by atoms with van der Waals surface area (Å²) in [4.78, 5) is 0. The summed E-state index contributed by atoms with van der Waals surface area (Å²) in [5.41, 5.74) is 1.18. The van der Waals surface area contributed by atoms with E-state index < -0.39 is 6.10 Å². The van der Waals surface area contributed by atoms with Gasteiger partial charge in [-0.15, -0.1) is 0 Å². The molecule has 0 amide bonds. The van der Waals surface area contributed by atoms with Crippen LogP contribution in [0.1, 0.15) is 17.2 Å². The predicted molar refractivity (Wildman–Crippen MR) is 81.2 cm³/mol. The largest absolute Gasteiger partial charge is 0.496 e. The number of methoxy groups -OCH3 is 1. The molecule has 2 aromatic rings. The van der Waals surface area contributed by atoms with Gasteiger partial charge in [0.05, 0.1) is 17.2 Å².